The summed E-state index contributed by atoms with van der Waals surface area (Å²) in [5.41, 5.74) is 0. The van der Waals surface area contributed by atoms with Gasteiger partial charge < -0.3 is 15.1 Å². The Kier molecular flexibility index (Phi) is 7.84. The molecule has 0 rings (SSSR count). The predicted octanol–water partition coefficient (Wildman–Crippen LogP) is -5.07. The Morgan fingerprint density at radius 1 is 1.25 bits per heavy atom. The first kappa shape index (κ1) is 11.3. The zero-order valence-corrected chi connectivity index (χ0v) is 8.12. The Balaban J connectivity index is -0.000000180. The molecular formula is H3NaO5Si2. The van der Waals surface area contributed by atoms with E-state index in [1.807, 2.05) is 0 Å². The van der Waals surface area contributed by atoms with Gasteiger partial charge in [0.25, 0.3) is 0 Å². The molecule has 0 saturated heterocycles. The summed E-state index contributed by atoms with van der Waals surface area (Å²) in [4.78, 5) is 15.4. The minimum absolute atomic E-state index is 0. The van der Waals surface area contributed by atoms with Crippen molar-refractivity contribution in [3.63, 3.8) is 0 Å². The van der Waals surface area contributed by atoms with Gasteiger partial charge in [0.1, 0.15) is 0 Å². The van der Waals surface area contributed by atoms with Crippen molar-refractivity contribution in [1.29, 1.82) is 0 Å². The third kappa shape index (κ3) is 9.66. The maximum absolute atomic E-state index is 9.44. The van der Waals surface area contributed by atoms with Gasteiger partial charge in [-0.3, -0.25) is 8.92 Å². The Bertz CT molecular complexity index is 91.1. The molecule has 0 radical (unpaired) electrons. The van der Waals surface area contributed by atoms with Crippen LogP contribution in [0.1, 0.15) is 1.43 Å². The topological polar surface area (TPSA) is 83.8 Å². The van der Waals surface area contributed by atoms with Gasteiger partial charge in [0.05, 0.1) is 0 Å². The second-order valence-electron chi connectivity index (χ2n) is 0.634. The van der Waals surface area contributed by atoms with Crippen LogP contribution in [-0.2, 0) is 13.0 Å². The smallest absolute Gasteiger partial charge is 1.00 e. The first-order chi connectivity index (χ1) is 3.13. The molecule has 0 aliphatic heterocycles. The molecule has 8 heavy (non-hydrogen) atoms. The molecule has 0 atom stereocenters. The summed E-state index contributed by atoms with van der Waals surface area (Å²) in [6.45, 7) is 0. The summed E-state index contributed by atoms with van der Waals surface area (Å²) < 4.78 is 22.3. The van der Waals surface area contributed by atoms with Crippen LogP contribution in [0.15, 0.2) is 0 Å². The van der Waals surface area contributed by atoms with Crippen LogP contribution in [0.4, 0.5) is 0 Å². The van der Waals surface area contributed by atoms with Crippen molar-refractivity contribution in [1.82, 2.24) is 0 Å². The van der Waals surface area contributed by atoms with Crippen molar-refractivity contribution < 1.29 is 53.6 Å². The van der Waals surface area contributed by atoms with Gasteiger partial charge in [0, 0.05) is 0 Å². The molecule has 0 bridgehead atoms. The summed E-state index contributed by atoms with van der Waals surface area (Å²) in [6, 6.07) is 0. The van der Waals surface area contributed by atoms with Gasteiger partial charge in [-0.05, 0) is 0 Å². The van der Waals surface area contributed by atoms with Gasteiger partial charge in [-0.15, -0.1) is 0 Å². The Morgan fingerprint density at radius 2 is 1.50 bits per heavy atom. The largest absolute Gasteiger partial charge is 1.00 e. The van der Waals surface area contributed by atoms with Gasteiger partial charge in [-0.2, -0.15) is 0 Å². The average molecular weight is 162 g/mol. The molecule has 2 N–H and O–H groups in total. The third-order valence-electron chi connectivity index (χ3n) is 0.175. The van der Waals surface area contributed by atoms with Gasteiger partial charge >= 0.3 is 47.9 Å². The average Bonchev–Trinajstić information content (AvgIpc) is 1.27. The molecule has 0 unspecified atom stereocenters. The molecule has 0 saturated carbocycles. The van der Waals surface area contributed by atoms with E-state index in [2.05, 4.69) is 4.12 Å². The van der Waals surface area contributed by atoms with Gasteiger partial charge in [-0.25, -0.2) is 0 Å². The molecule has 0 amide bonds. The minimum atomic E-state index is -3.20. The van der Waals surface area contributed by atoms with E-state index in [1.165, 1.54) is 0 Å². The molecule has 0 aromatic heterocycles. The fraction of sp³-hybridized carbons (Fsp3) is 0. The van der Waals surface area contributed by atoms with E-state index in [4.69, 9.17) is 9.59 Å². The summed E-state index contributed by atoms with van der Waals surface area (Å²) in [5.74, 6) is 0. The van der Waals surface area contributed by atoms with E-state index < -0.39 is 18.3 Å². The maximum atomic E-state index is 9.44. The number of hydrogen-bond acceptors (Lipinski definition) is 3. The Labute approximate surface area is 71.9 Å². The third-order valence-corrected chi connectivity index (χ3v) is 1.57. The normalized spacial score (nSPS) is 6.50. The molecule has 0 spiro atoms. The quantitative estimate of drug-likeness (QED) is 0.397. The standard InChI is InChI=1S/Na.H2O5Si2.H/c;1-6(2)5-7(3)4;/h;1,3H;/q+1;;-1. The van der Waals surface area contributed by atoms with E-state index in [0.29, 0.717) is 0 Å². The Morgan fingerprint density at radius 3 is 1.50 bits per heavy atom. The molecule has 0 aromatic rings. The summed E-state index contributed by atoms with van der Waals surface area (Å²) in [5, 5.41) is 0. The molecule has 8 heteroatoms. The van der Waals surface area contributed by atoms with Gasteiger partial charge in [0.15, 0.2) is 0 Å². The molecule has 42 valence electrons. The molecule has 0 aliphatic rings. The maximum Gasteiger partial charge on any atom is 1.00 e. The SMILES string of the molecule is O=[Si](O)O[Si](=O)O.[H-].[Na+]. The van der Waals surface area contributed by atoms with Crippen molar-refractivity contribution in [3.05, 3.63) is 0 Å². The van der Waals surface area contributed by atoms with Crippen LogP contribution < -0.4 is 29.6 Å². The first-order valence-corrected chi connectivity index (χ1v) is 3.79. The Hall–Kier alpha value is 0.434. The second-order valence-corrected chi connectivity index (χ2v) is 2.51. The van der Waals surface area contributed by atoms with Crippen LogP contribution in [0.5, 0.6) is 0 Å². The van der Waals surface area contributed by atoms with E-state index in [1.54, 1.807) is 0 Å². The van der Waals surface area contributed by atoms with Crippen LogP contribution in [0.3, 0.4) is 0 Å². The number of rotatable bonds is 2. The van der Waals surface area contributed by atoms with Crippen LogP contribution in [0, 0.1) is 0 Å². The predicted molar refractivity (Wildman–Crippen MR) is 19.5 cm³/mol. The fourth-order valence-electron chi connectivity index (χ4n) is 0.0747. The van der Waals surface area contributed by atoms with Crippen LogP contribution in [0.2, 0.25) is 0 Å². The first-order valence-electron chi connectivity index (χ1n) is 1.26. The second kappa shape index (κ2) is 5.57. The molecule has 0 fully saturated rings. The summed E-state index contributed by atoms with van der Waals surface area (Å²) in [6.07, 6.45) is 0. The van der Waals surface area contributed by atoms with Gasteiger partial charge in [-0.1, -0.05) is 0 Å². The molecule has 5 nitrogen and oxygen atoms in total. The zero-order valence-electron chi connectivity index (χ0n) is 5.12. The molecule has 0 aliphatic carbocycles. The van der Waals surface area contributed by atoms with Crippen molar-refractivity contribution >= 4 is 18.3 Å². The molecule has 0 aromatic carbocycles. The summed E-state index contributed by atoms with van der Waals surface area (Å²) in [7, 11) is -6.40. The van der Waals surface area contributed by atoms with E-state index in [0.717, 1.165) is 0 Å². The summed E-state index contributed by atoms with van der Waals surface area (Å²) >= 11 is 0. The van der Waals surface area contributed by atoms with Crippen molar-refractivity contribution in [2.45, 2.75) is 0 Å². The van der Waals surface area contributed by atoms with Gasteiger partial charge in [0.2, 0.25) is 0 Å². The molecule has 0 heterocycles. The van der Waals surface area contributed by atoms with Crippen LogP contribution in [0.25, 0.3) is 0 Å². The van der Waals surface area contributed by atoms with Crippen molar-refractivity contribution in [2.75, 3.05) is 0 Å². The van der Waals surface area contributed by atoms with E-state index in [-0.39, 0.29) is 31.0 Å². The van der Waals surface area contributed by atoms with E-state index in [9.17, 15) is 8.92 Å². The zero-order chi connectivity index (χ0) is 5.86. The van der Waals surface area contributed by atoms with E-state index >= 15 is 0 Å². The van der Waals surface area contributed by atoms with Crippen LogP contribution in [-0.4, -0.2) is 27.9 Å². The van der Waals surface area contributed by atoms with Crippen molar-refractivity contribution in [2.24, 2.45) is 0 Å². The monoisotopic (exact) mass is 162 g/mol. The number of hydrogen-bond donors (Lipinski definition) is 2. The fourth-order valence-corrected chi connectivity index (χ4v) is 0.672. The van der Waals surface area contributed by atoms with Crippen molar-refractivity contribution in [3.8, 4) is 0 Å². The molecular weight excluding hydrogens is 159 g/mol. The minimum Gasteiger partial charge on any atom is -1.00 e. The van der Waals surface area contributed by atoms with Crippen LogP contribution >= 0.6 is 0 Å².